The summed E-state index contributed by atoms with van der Waals surface area (Å²) in [5.74, 6) is 0.871. The van der Waals surface area contributed by atoms with Crippen molar-refractivity contribution in [3.63, 3.8) is 0 Å². The Balaban J connectivity index is 1.35. The van der Waals surface area contributed by atoms with E-state index >= 15 is 0 Å². The lowest BCUT2D eigenvalue weighted by Crippen LogP contribution is -2.41. The maximum Gasteiger partial charge on any atom is 0.256 e. The number of anilines is 3. The molecule has 0 spiro atoms. The minimum Gasteiger partial charge on any atom is -0.497 e. The normalized spacial score (nSPS) is 17.0. The Morgan fingerprint density at radius 1 is 1.00 bits per heavy atom. The number of hydrogen-bond donors (Lipinski definition) is 1. The Morgan fingerprint density at radius 2 is 1.69 bits per heavy atom. The lowest BCUT2D eigenvalue weighted by molar-refractivity contribution is -0.125. The molecule has 12 heteroatoms. The summed E-state index contributed by atoms with van der Waals surface area (Å²) in [6.45, 7) is 1.38. The Morgan fingerprint density at radius 3 is 2.33 bits per heavy atom. The minimum absolute atomic E-state index is 0.0371. The molecule has 1 aromatic heterocycles. The number of methoxy groups -OCH3 is 2. The predicted octanol–water partition coefficient (Wildman–Crippen LogP) is 3.04. The van der Waals surface area contributed by atoms with E-state index in [1.54, 1.807) is 53.3 Å². The van der Waals surface area contributed by atoms with Crippen LogP contribution in [0.25, 0.3) is 0 Å². The van der Waals surface area contributed by atoms with Crippen LogP contribution in [-0.2, 0) is 25.5 Å². The number of amides is 3. The number of nitrogens with one attached hydrogen (secondary N) is 1. The second-order valence-corrected chi connectivity index (χ2v) is 10.1. The molecule has 2 aliphatic heterocycles. The van der Waals surface area contributed by atoms with Crippen LogP contribution in [-0.4, -0.2) is 79.3 Å². The summed E-state index contributed by atoms with van der Waals surface area (Å²) in [6, 6.07) is 17.3. The molecule has 3 heterocycles. The summed E-state index contributed by atoms with van der Waals surface area (Å²) < 4.78 is 15.6. The van der Waals surface area contributed by atoms with E-state index in [0.29, 0.717) is 54.2 Å². The third-order valence-electron chi connectivity index (χ3n) is 7.14. The van der Waals surface area contributed by atoms with Crippen molar-refractivity contribution in [2.75, 3.05) is 55.6 Å². The van der Waals surface area contributed by atoms with E-state index < -0.39 is 6.04 Å². The second-order valence-electron chi connectivity index (χ2n) is 9.71. The molecule has 2 aliphatic rings. The van der Waals surface area contributed by atoms with Crippen molar-refractivity contribution in [1.29, 1.82) is 0 Å². The number of nitrogens with zero attached hydrogens (tertiary/aromatic N) is 4. The first-order valence-corrected chi connectivity index (χ1v) is 13.8. The summed E-state index contributed by atoms with van der Waals surface area (Å²) >= 11 is 5.81. The van der Waals surface area contributed by atoms with Crippen molar-refractivity contribution >= 4 is 52.2 Å². The molecule has 1 atom stereocenters. The van der Waals surface area contributed by atoms with E-state index in [1.165, 1.54) is 18.2 Å². The average Bonchev–Trinajstić information content (AvgIpc) is 3.24. The molecule has 2 fully saturated rings. The Labute approximate surface area is 249 Å². The zero-order chi connectivity index (χ0) is 29.6. The maximum atomic E-state index is 13.8. The van der Waals surface area contributed by atoms with Gasteiger partial charge in [0.05, 0.1) is 39.1 Å². The second kappa shape index (κ2) is 13.0. The van der Waals surface area contributed by atoms with Crippen LogP contribution in [0.5, 0.6) is 11.5 Å². The molecule has 11 nitrogen and oxygen atoms in total. The van der Waals surface area contributed by atoms with Crippen molar-refractivity contribution < 1.29 is 28.6 Å². The van der Waals surface area contributed by atoms with Gasteiger partial charge in [0, 0.05) is 18.8 Å². The largest absolute Gasteiger partial charge is 0.497 e. The highest BCUT2D eigenvalue weighted by Gasteiger charge is 2.44. The summed E-state index contributed by atoms with van der Waals surface area (Å²) in [6.07, 6.45) is 1.98. The van der Waals surface area contributed by atoms with Crippen molar-refractivity contribution in [2.24, 2.45) is 0 Å². The molecule has 0 radical (unpaired) electrons. The molecule has 2 aromatic carbocycles. The molecule has 0 bridgehead atoms. The third-order valence-corrected chi connectivity index (χ3v) is 7.56. The van der Waals surface area contributed by atoms with Gasteiger partial charge in [-0.3, -0.25) is 19.3 Å². The number of pyridine rings is 1. The first-order valence-electron chi connectivity index (χ1n) is 13.4. The molecule has 3 aromatic rings. The molecular formula is C30H31N5O6S. The highest BCUT2D eigenvalue weighted by atomic mass is 32.1. The van der Waals surface area contributed by atoms with Gasteiger partial charge in [-0.25, -0.2) is 4.98 Å². The Bertz CT molecular complexity index is 1450. The zero-order valence-corrected chi connectivity index (χ0v) is 24.1. The lowest BCUT2D eigenvalue weighted by atomic mass is 10.1. The third kappa shape index (κ3) is 6.34. The van der Waals surface area contributed by atoms with Crippen LogP contribution in [0.15, 0.2) is 66.9 Å². The summed E-state index contributed by atoms with van der Waals surface area (Å²) in [4.78, 5) is 48.2. The summed E-state index contributed by atoms with van der Waals surface area (Å²) in [5.41, 5.74) is 2.31. The standard InChI is InChI=1S/C30H31N5O6S/c1-39-23-9-3-20(4-10-23)13-14-34-25(17-27(36)32-26-12-11-24(40-2)18-31-26)29(38)35(30(34)42)22-7-5-21(6-8-22)33-15-16-41-19-28(33)37/h3-12,18,25H,13-17,19H2,1-2H3,(H,31,32,36). The van der Waals surface area contributed by atoms with Crippen molar-refractivity contribution in [1.82, 2.24) is 9.88 Å². The van der Waals surface area contributed by atoms with Crippen LogP contribution in [0.4, 0.5) is 17.2 Å². The highest BCUT2D eigenvalue weighted by molar-refractivity contribution is 7.80. The van der Waals surface area contributed by atoms with E-state index in [9.17, 15) is 14.4 Å². The van der Waals surface area contributed by atoms with E-state index in [2.05, 4.69) is 10.3 Å². The molecule has 218 valence electrons. The first kappa shape index (κ1) is 29.0. The van der Waals surface area contributed by atoms with Gasteiger partial charge < -0.3 is 29.3 Å². The molecular weight excluding hydrogens is 558 g/mol. The number of benzene rings is 2. The highest BCUT2D eigenvalue weighted by Crippen LogP contribution is 2.30. The SMILES string of the molecule is COc1ccc(CCN2C(=S)N(c3ccc(N4CCOCC4=O)cc3)C(=O)C2CC(=O)Nc2ccc(OC)cn2)cc1. The number of carbonyl (C=O) groups excluding carboxylic acids is 3. The van der Waals surface area contributed by atoms with E-state index in [0.717, 1.165) is 11.3 Å². The van der Waals surface area contributed by atoms with Gasteiger partial charge >= 0.3 is 0 Å². The Hall–Kier alpha value is -4.55. The van der Waals surface area contributed by atoms with E-state index in [1.807, 2.05) is 24.3 Å². The molecule has 42 heavy (non-hydrogen) atoms. The molecule has 5 rings (SSSR count). The first-order chi connectivity index (χ1) is 20.4. The summed E-state index contributed by atoms with van der Waals surface area (Å²) in [7, 11) is 3.15. The minimum atomic E-state index is -0.811. The monoisotopic (exact) mass is 589 g/mol. The number of ether oxygens (including phenoxy) is 3. The number of thiocarbonyl (C=S) groups is 1. The molecule has 1 N–H and O–H groups in total. The van der Waals surface area contributed by atoms with Gasteiger partial charge in [-0.2, -0.15) is 0 Å². The van der Waals surface area contributed by atoms with E-state index in [-0.39, 0.29) is 30.7 Å². The van der Waals surface area contributed by atoms with E-state index in [4.69, 9.17) is 26.4 Å². The molecule has 1 unspecified atom stereocenters. The maximum absolute atomic E-state index is 13.8. The van der Waals surface area contributed by atoms with Crippen molar-refractivity contribution in [3.8, 4) is 11.5 Å². The van der Waals surface area contributed by atoms with Gasteiger partial charge in [0.15, 0.2) is 5.11 Å². The molecule has 2 saturated heterocycles. The number of hydrogen-bond acceptors (Lipinski definition) is 8. The topological polar surface area (TPSA) is 114 Å². The van der Waals surface area contributed by atoms with Gasteiger partial charge in [-0.1, -0.05) is 12.1 Å². The zero-order valence-electron chi connectivity index (χ0n) is 23.3. The van der Waals surface area contributed by atoms with Crippen LogP contribution in [0, 0.1) is 0 Å². The van der Waals surface area contributed by atoms with Crippen LogP contribution >= 0.6 is 12.2 Å². The van der Waals surface area contributed by atoms with Gasteiger partial charge in [-0.05, 0) is 72.7 Å². The molecule has 0 aliphatic carbocycles. The van der Waals surface area contributed by atoms with Crippen molar-refractivity contribution in [2.45, 2.75) is 18.9 Å². The fourth-order valence-corrected chi connectivity index (χ4v) is 5.30. The van der Waals surface area contributed by atoms with Crippen LogP contribution in [0.2, 0.25) is 0 Å². The number of aromatic nitrogens is 1. The van der Waals surface area contributed by atoms with Crippen LogP contribution < -0.4 is 24.6 Å². The van der Waals surface area contributed by atoms with Crippen LogP contribution in [0.3, 0.4) is 0 Å². The van der Waals surface area contributed by atoms with Gasteiger partial charge in [-0.15, -0.1) is 0 Å². The quantitative estimate of drug-likeness (QED) is 0.357. The van der Waals surface area contributed by atoms with Gasteiger partial charge in [0.2, 0.25) is 5.91 Å². The predicted molar refractivity (Wildman–Crippen MR) is 161 cm³/mol. The van der Waals surface area contributed by atoms with Gasteiger partial charge in [0.1, 0.15) is 30.0 Å². The molecule has 0 saturated carbocycles. The fourth-order valence-electron chi connectivity index (χ4n) is 4.88. The summed E-state index contributed by atoms with van der Waals surface area (Å²) in [5, 5.41) is 3.07. The Kier molecular flexibility index (Phi) is 8.94. The molecule has 3 amide bonds. The lowest BCUT2D eigenvalue weighted by Gasteiger charge is -2.27. The average molecular weight is 590 g/mol. The number of carbonyl (C=O) groups is 3. The van der Waals surface area contributed by atoms with Gasteiger partial charge in [0.25, 0.3) is 11.8 Å². The van der Waals surface area contributed by atoms with Crippen LogP contribution in [0.1, 0.15) is 12.0 Å². The van der Waals surface area contributed by atoms with Crippen molar-refractivity contribution in [3.05, 3.63) is 72.4 Å². The fraction of sp³-hybridized carbons (Fsp3) is 0.300. The smallest absolute Gasteiger partial charge is 0.256 e. The number of rotatable bonds is 10. The number of morpholine rings is 1.